The van der Waals surface area contributed by atoms with Gasteiger partial charge in [-0.05, 0) is 26.0 Å². The van der Waals surface area contributed by atoms with Gasteiger partial charge in [-0.2, -0.15) is 5.26 Å². The molecule has 0 aromatic heterocycles. The fraction of sp³-hybridized carbons (Fsp3) is 0.462. The third-order valence-electron chi connectivity index (χ3n) is 3.05. The van der Waals surface area contributed by atoms with E-state index in [9.17, 15) is 12.8 Å². The summed E-state index contributed by atoms with van der Waals surface area (Å²) in [5, 5.41) is 11.6. The standard InChI is InChI=1S/C13H17FN2O2S/c1-13(2,19(3,17)18)9-16-8-11-5-4-10(7-15)6-12(11)14/h4-6,16H,8-9H2,1-3H3. The Hall–Kier alpha value is -1.45. The van der Waals surface area contributed by atoms with E-state index < -0.39 is 20.4 Å². The molecule has 0 heterocycles. The highest BCUT2D eigenvalue weighted by Gasteiger charge is 2.29. The molecule has 0 unspecified atom stereocenters. The molecule has 0 saturated heterocycles. The lowest BCUT2D eigenvalue weighted by Gasteiger charge is -2.22. The van der Waals surface area contributed by atoms with Crippen molar-refractivity contribution in [3.8, 4) is 6.07 Å². The quantitative estimate of drug-likeness (QED) is 0.892. The Labute approximate surface area is 113 Å². The van der Waals surface area contributed by atoms with Gasteiger partial charge in [0.2, 0.25) is 0 Å². The molecule has 1 aromatic rings. The van der Waals surface area contributed by atoms with Gasteiger partial charge in [0.05, 0.1) is 16.4 Å². The summed E-state index contributed by atoms with van der Waals surface area (Å²) in [6.07, 6.45) is 1.18. The van der Waals surface area contributed by atoms with Crippen LogP contribution in [0.4, 0.5) is 4.39 Å². The Morgan fingerprint density at radius 2 is 2.05 bits per heavy atom. The second-order valence-corrected chi connectivity index (χ2v) is 7.70. The molecule has 0 aliphatic heterocycles. The van der Waals surface area contributed by atoms with Crippen LogP contribution in [0.5, 0.6) is 0 Å². The van der Waals surface area contributed by atoms with Crippen molar-refractivity contribution in [2.75, 3.05) is 12.8 Å². The van der Waals surface area contributed by atoms with Gasteiger partial charge in [-0.1, -0.05) is 6.07 Å². The number of nitriles is 1. The zero-order valence-corrected chi connectivity index (χ0v) is 12.0. The Kier molecular flexibility index (Phi) is 4.66. The van der Waals surface area contributed by atoms with E-state index in [1.165, 1.54) is 24.5 Å². The largest absolute Gasteiger partial charge is 0.311 e. The minimum absolute atomic E-state index is 0.219. The molecule has 0 spiro atoms. The summed E-state index contributed by atoms with van der Waals surface area (Å²) in [7, 11) is -3.18. The van der Waals surface area contributed by atoms with Crippen molar-refractivity contribution in [1.82, 2.24) is 5.32 Å². The van der Waals surface area contributed by atoms with Crippen LogP contribution in [-0.4, -0.2) is 26.0 Å². The number of halogens is 1. The van der Waals surface area contributed by atoms with Gasteiger partial charge in [0.1, 0.15) is 5.82 Å². The molecule has 6 heteroatoms. The molecule has 0 bridgehead atoms. The molecule has 1 aromatic carbocycles. The molecule has 0 fully saturated rings. The van der Waals surface area contributed by atoms with Crippen molar-refractivity contribution in [2.45, 2.75) is 25.1 Å². The molecule has 0 saturated carbocycles. The minimum Gasteiger partial charge on any atom is -0.311 e. The fourth-order valence-corrected chi connectivity index (χ4v) is 1.75. The summed E-state index contributed by atoms with van der Waals surface area (Å²) >= 11 is 0. The Balaban J connectivity index is 2.67. The summed E-state index contributed by atoms with van der Waals surface area (Å²) < 4.78 is 35.7. The smallest absolute Gasteiger partial charge is 0.153 e. The first kappa shape index (κ1) is 15.6. The van der Waals surface area contributed by atoms with Gasteiger partial charge in [0.25, 0.3) is 0 Å². The van der Waals surface area contributed by atoms with E-state index in [2.05, 4.69) is 5.32 Å². The molecule has 0 aliphatic rings. The molecule has 1 rings (SSSR count). The van der Waals surface area contributed by atoms with E-state index in [1.54, 1.807) is 13.8 Å². The molecule has 1 N–H and O–H groups in total. The average Bonchev–Trinajstić information content (AvgIpc) is 2.29. The van der Waals surface area contributed by atoms with Crippen molar-refractivity contribution < 1.29 is 12.8 Å². The number of hydrogen-bond donors (Lipinski definition) is 1. The zero-order valence-electron chi connectivity index (χ0n) is 11.2. The molecule has 0 radical (unpaired) electrons. The highest BCUT2D eigenvalue weighted by atomic mass is 32.2. The SMILES string of the molecule is CC(C)(CNCc1ccc(C#N)cc1F)S(C)(=O)=O. The highest BCUT2D eigenvalue weighted by molar-refractivity contribution is 7.92. The van der Waals surface area contributed by atoms with E-state index >= 15 is 0 Å². The van der Waals surface area contributed by atoms with Crippen molar-refractivity contribution in [1.29, 1.82) is 5.26 Å². The summed E-state index contributed by atoms with van der Waals surface area (Å²) in [4.78, 5) is 0. The third kappa shape index (κ3) is 4.01. The molecule has 0 amide bonds. The van der Waals surface area contributed by atoms with Crippen LogP contribution in [0.3, 0.4) is 0 Å². The average molecular weight is 284 g/mol. The predicted octanol–water partition coefficient (Wildman–Crippen LogP) is 1.61. The normalized spacial score (nSPS) is 12.2. The van der Waals surface area contributed by atoms with Crippen LogP contribution in [-0.2, 0) is 16.4 Å². The lowest BCUT2D eigenvalue weighted by molar-refractivity contribution is 0.515. The van der Waals surface area contributed by atoms with Gasteiger partial charge in [0, 0.05) is 24.9 Å². The van der Waals surface area contributed by atoms with Crippen molar-refractivity contribution in [3.63, 3.8) is 0 Å². The number of sulfone groups is 1. The van der Waals surface area contributed by atoms with Gasteiger partial charge >= 0.3 is 0 Å². The molecule has 19 heavy (non-hydrogen) atoms. The highest BCUT2D eigenvalue weighted by Crippen LogP contribution is 2.14. The number of nitrogens with zero attached hydrogens (tertiary/aromatic N) is 1. The number of rotatable bonds is 5. The molecule has 0 aliphatic carbocycles. The third-order valence-corrected chi connectivity index (χ3v) is 5.20. The van der Waals surface area contributed by atoms with Crippen molar-refractivity contribution >= 4 is 9.84 Å². The lowest BCUT2D eigenvalue weighted by Crippen LogP contribution is -2.41. The number of benzene rings is 1. The van der Waals surface area contributed by atoms with Crippen molar-refractivity contribution in [3.05, 3.63) is 35.1 Å². The number of hydrogen-bond acceptors (Lipinski definition) is 4. The second kappa shape index (κ2) is 5.68. The molecule has 104 valence electrons. The van der Waals surface area contributed by atoms with E-state index in [-0.39, 0.29) is 18.7 Å². The first-order valence-electron chi connectivity index (χ1n) is 5.76. The number of nitrogens with one attached hydrogen (secondary N) is 1. The zero-order chi connectivity index (χ0) is 14.7. The monoisotopic (exact) mass is 284 g/mol. The van der Waals surface area contributed by atoms with Crippen LogP contribution in [0.15, 0.2) is 18.2 Å². The van der Waals surface area contributed by atoms with Gasteiger partial charge in [0.15, 0.2) is 9.84 Å². The van der Waals surface area contributed by atoms with E-state index in [0.29, 0.717) is 5.56 Å². The Morgan fingerprint density at radius 3 is 2.53 bits per heavy atom. The van der Waals surface area contributed by atoms with Crippen LogP contribution in [0, 0.1) is 17.1 Å². The Morgan fingerprint density at radius 1 is 1.42 bits per heavy atom. The maximum atomic E-state index is 13.6. The van der Waals surface area contributed by atoms with E-state index in [4.69, 9.17) is 5.26 Å². The van der Waals surface area contributed by atoms with Gasteiger partial charge in [-0.15, -0.1) is 0 Å². The van der Waals surface area contributed by atoms with Crippen LogP contribution in [0.1, 0.15) is 25.0 Å². The fourth-order valence-electron chi connectivity index (χ4n) is 1.39. The summed E-state index contributed by atoms with van der Waals surface area (Å²) in [5.41, 5.74) is 0.668. The molecular weight excluding hydrogens is 267 g/mol. The Bertz CT molecular complexity index is 604. The van der Waals surface area contributed by atoms with E-state index in [0.717, 1.165) is 0 Å². The topological polar surface area (TPSA) is 70.0 Å². The van der Waals surface area contributed by atoms with E-state index in [1.807, 2.05) is 6.07 Å². The first-order valence-corrected chi connectivity index (χ1v) is 7.65. The summed E-state index contributed by atoms with van der Waals surface area (Å²) in [6.45, 7) is 3.68. The summed E-state index contributed by atoms with van der Waals surface area (Å²) in [5.74, 6) is -0.469. The van der Waals surface area contributed by atoms with Gasteiger partial charge in [-0.3, -0.25) is 0 Å². The molecule has 4 nitrogen and oxygen atoms in total. The van der Waals surface area contributed by atoms with Crippen molar-refractivity contribution in [2.24, 2.45) is 0 Å². The molecular formula is C13H17FN2O2S. The van der Waals surface area contributed by atoms with Crippen LogP contribution < -0.4 is 5.32 Å². The second-order valence-electron chi connectivity index (χ2n) is 5.05. The van der Waals surface area contributed by atoms with Gasteiger partial charge < -0.3 is 5.32 Å². The van der Waals surface area contributed by atoms with Crippen LogP contribution >= 0.6 is 0 Å². The molecule has 0 atom stereocenters. The first-order chi connectivity index (χ1) is 8.67. The lowest BCUT2D eigenvalue weighted by atomic mass is 10.1. The maximum absolute atomic E-state index is 13.6. The maximum Gasteiger partial charge on any atom is 0.153 e. The summed E-state index contributed by atoms with van der Waals surface area (Å²) in [6, 6.07) is 6.07. The minimum atomic E-state index is -3.18. The van der Waals surface area contributed by atoms with Crippen LogP contribution in [0.25, 0.3) is 0 Å². The predicted molar refractivity (Wildman–Crippen MR) is 71.7 cm³/mol. The van der Waals surface area contributed by atoms with Crippen LogP contribution in [0.2, 0.25) is 0 Å². The van der Waals surface area contributed by atoms with Gasteiger partial charge in [-0.25, -0.2) is 12.8 Å².